The fourth-order valence-corrected chi connectivity index (χ4v) is 6.19. The molecule has 3 aromatic rings. The van der Waals surface area contributed by atoms with Gasteiger partial charge in [-0.3, -0.25) is 18.9 Å². The summed E-state index contributed by atoms with van der Waals surface area (Å²) in [6.45, 7) is 4.95. The number of anilines is 1. The zero-order valence-corrected chi connectivity index (χ0v) is 18.0. The average Bonchev–Trinajstić information content (AvgIpc) is 3.11. The Labute approximate surface area is 175 Å². The number of thiazole rings is 1. The highest BCUT2D eigenvalue weighted by Crippen LogP contribution is 2.52. The van der Waals surface area contributed by atoms with Crippen LogP contribution in [0.1, 0.15) is 24.0 Å². The molecule has 1 fully saturated rings. The third kappa shape index (κ3) is 4.15. The summed E-state index contributed by atoms with van der Waals surface area (Å²) in [6.07, 6.45) is 4.20. The predicted octanol–water partition coefficient (Wildman–Crippen LogP) is 4.68. The van der Waals surface area contributed by atoms with E-state index in [2.05, 4.69) is 27.4 Å². The Morgan fingerprint density at radius 2 is 2.03 bits per heavy atom. The van der Waals surface area contributed by atoms with Gasteiger partial charge in [0.25, 0.3) is 0 Å². The fraction of sp³-hybridized carbons (Fsp3) is 0.350. The first-order valence-corrected chi connectivity index (χ1v) is 11.8. The first-order valence-electron chi connectivity index (χ1n) is 9.46. The molecule has 1 amide bonds. The number of nitrogens with zero attached hydrogens (tertiary/aromatic N) is 3. The van der Waals surface area contributed by atoms with Gasteiger partial charge in [0.2, 0.25) is 5.91 Å². The molecule has 1 aliphatic heterocycles. The van der Waals surface area contributed by atoms with Gasteiger partial charge in [0, 0.05) is 25.2 Å². The van der Waals surface area contributed by atoms with Crippen molar-refractivity contribution in [3.05, 3.63) is 47.8 Å². The molecule has 2 aromatic heterocycles. The average molecular weight is 433 g/mol. The van der Waals surface area contributed by atoms with E-state index in [0.29, 0.717) is 36.0 Å². The van der Waals surface area contributed by atoms with Crippen molar-refractivity contribution in [2.24, 2.45) is 5.92 Å². The first kappa shape index (κ1) is 20.2. The highest BCUT2D eigenvalue weighted by atomic mass is 32.3. The SMILES string of the molecule is Cc1cc(C)c2nc(NC(=O)C3CCN(S(O)(O)c4cccnc4)CC3)sc2c1. The van der Waals surface area contributed by atoms with Gasteiger partial charge in [0.1, 0.15) is 0 Å². The first-order chi connectivity index (χ1) is 13.8. The number of carbonyl (C=O) groups is 1. The molecule has 154 valence electrons. The highest BCUT2D eigenvalue weighted by Gasteiger charge is 2.32. The normalized spacial score (nSPS) is 16.8. The topological polar surface area (TPSA) is 98.6 Å². The smallest absolute Gasteiger partial charge is 0.229 e. The third-order valence-corrected chi connectivity index (χ3v) is 8.07. The summed E-state index contributed by atoms with van der Waals surface area (Å²) in [5, 5.41) is 3.57. The van der Waals surface area contributed by atoms with Crippen LogP contribution in [0.2, 0.25) is 0 Å². The Hall–Kier alpha value is -2.04. The number of aromatic nitrogens is 2. The molecular formula is C20H24N4O3S2. The second kappa shape index (κ2) is 8.00. The van der Waals surface area contributed by atoms with E-state index in [1.165, 1.54) is 23.1 Å². The number of aryl methyl sites for hydroxylation is 2. The number of amides is 1. The van der Waals surface area contributed by atoms with Crippen LogP contribution in [0.25, 0.3) is 10.2 Å². The fourth-order valence-electron chi connectivity index (χ4n) is 3.66. The summed E-state index contributed by atoms with van der Waals surface area (Å²) in [5.41, 5.74) is 3.21. The molecular weight excluding hydrogens is 408 g/mol. The van der Waals surface area contributed by atoms with Gasteiger partial charge in [-0.1, -0.05) is 17.4 Å². The molecule has 0 bridgehead atoms. The highest BCUT2D eigenvalue weighted by molar-refractivity contribution is 8.22. The maximum absolute atomic E-state index is 12.7. The maximum Gasteiger partial charge on any atom is 0.229 e. The molecule has 1 saturated heterocycles. The van der Waals surface area contributed by atoms with Gasteiger partial charge in [-0.2, -0.15) is 0 Å². The third-order valence-electron chi connectivity index (χ3n) is 5.20. The van der Waals surface area contributed by atoms with Crippen molar-refractivity contribution in [1.82, 2.24) is 14.3 Å². The number of hydrogen-bond donors (Lipinski definition) is 3. The Bertz CT molecular complexity index is 1030. The van der Waals surface area contributed by atoms with Crippen LogP contribution in [0.5, 0.6) is 0 Å². The van der Waals surface area contributed by atoms with Crippen LogP contribution < -0.4 is 5.32 Å². The number of hydrogen-bond acceptors (Lipinski definition) is 7. The molecule has 0 spiro atoms. The van der Waals surface area contributed by atoms with Crippen molar-refractivity contribution in [1.29, 1.82) is 0 Å². The van der Waals surface area contributed by atoms with Crippen molar-refractivity contribution in [3.8, 4) is 0 Å². The molecule has 0 atom stereocenters. The molecule has 29 heavy (non-hydrogen) atoms. The van der Waals surface area contributed by atoms with Crippen LogP contribution in [0.15, 0.2) is 41.6 Å². The van der Waals surface area contributed by atoms with Gasteiger partial charge in [0.05, 0.1) is 21.3 Å². The van der Waals surface area contributed by atoms with E-state index >= 15 is 0 Å². The number of pyridine rings is 1. The molecule has 0 radical (unpaired) electrons. The lowest BCUT2D eigenvalue weighted by Crippen LogP contribution is -2.39. The van der Waals surface area contributed by atoms with Gasteiger partial charge in [-0.05, 0) is 56.0 Å². The Balaban J connectivity index is 1.40. The molecule has 0 unspecified atom stereocenters. The van der Waals surface area contributed by atoms with Gasteiger partial charge in [-0.15, -0.1) is 10.8 Å². The minimum Gasteiger partial charge on any atom is -0.302 e. The van der Waals surface area contributed by atoms with Crippen LogP contribution in [-0.4, -0.2) is 42.4 Å². The number of carbonyl (C=O) groups excluding carboxylic acids is 1. The van der Waals surface area contributed by atoms with Crippen molar-refractivity contribution in [2.75, 3.05) is 18.4 Å². The van der Waals surface area contributed by atoms with Crippen LogP contribution in [0.3, 0.4) is 0 Å². The summed E-state index contributed by atoms with van der Waals surface area (Å²) in [6, 6.07) is 7.52. The zero-order valence-electron chi connectivity index (χ0n) is 16.3. The summed E-state index contributed by atoms with van der Waals surface area (Å²) in [4.78, 5) is 21.7. The summed E-state index contributed by atoms with van der Waals surface area (Å²) < 4.78 is 23.9. The number of piperidine rings is 1. The molecule has 9 heteroatoms. The van der Waals surface area contributed by atoms with E-state index in [1.54, 1.807) is 22.6 Å². The zero-order chi connectivity index (χ0) is 20.6. The molecule has 3 N–H and O–H groups in total. The Morgan fingerprint density at radius 3 is 2.72 bits per heavy atom. The second-order valence-corrected chi connectivity index (χ2v) is 10.4. The van der Waals surface area contributed by atoms with Crippen molar-refractivity contribution in [2.45, 2.75) is 31.6 Å². The number of rotatable bonds is 4. The van der Waals surface area contributed by atoms with E-state index in [9.17, 15) is 13.9 Å². The van der Waals surface area contributed by atoms with Crippen molar-refractivity contribution >= 4 is 43.4 Å². The number of fused-ring (bicyclic) bond motifs is 1. The van der Waals surface area contributed by atoms with E-state index in [1.807, 2.05) is 13.8 Å². The van der Waals surface area contributed by atoms with Crippen LogP contribution in [0.4, 0.5) is 5.13 Å². The molecule has 0 aliphatic carbocycles. The minimum atomic E-state index is -3.07. The van der Waals surface area contributed by atoms with Crippen molar-refractivity contribution < 1.29 is 13.9 Å². The molecule has 1 aromatic carbocycles. The lowest BCUT2D eigenvalue weighted by Gasteiger charge is -2.45. The molecule has 7 nitrogen and oxygen atoms in total. The molecule has 0 saturated carbocycles. The summed E-state index contributed by atoms with van der Waals surface area (Å²) >= 11 is 1.48. The van der Waals surface area contributed by atoms with Gasteiger partial charge < -0.3 is 5.32 Å². The monoisotopic (exact) mass is 432 g/mol. The lowest BCUT2D eigenvalue weighted by molar-refractivity contribution is -0.120. The van der Waals surface area contributed by atoms with E-state index < -0.39 is 10.8 Å². The van der Waals surface area contributed by atoms with E-state index in [0.717, 1.165) is 15.8 Å². The van der Waals surface area contributed by atoms with E-state index in [4.69, 9.17) is 0 Å². The number of benzene rings is 1. The number of nitrogens with one attached hydrogen (secondary N) is 1. The lowest BCUT2D eigenvalue weighted by atomic mass is 9.97. The minimum absolute atomic E-state index is 0.0593. The largest absolute Gasteiger partial charge is 0.302 e. The molecule has 4 rings (SSSR count). The summed E-state index contributed by atoms with van der Waals surface area (Å²) in [5.74, 6) is -0.235. The van der Waals surface area contributed by atoms with Gasteiger partial charge in [-0.25, -0.2) is 9.29 Å². The second-order valence-electron chi connectivity index (χ2n) is 7.35. The quantitative estimate of drug-likeness (QED) is 0.553. The van der Waals surface area contributed by atoms with E-state index in [-0.39, 0.29) is 11.8 Å². The van der Waals surface area contributed by atoms with Crippen LogP contribution >= 0.6 is 22.1 Å². The molecule has 3 heterocycles. The summed E-state index contributed by atoms with van der Waals surface area (Å²) in [7, 11) is -3.07. The van der Waals surface area contributed by atoms with Crippen LogP contribution in [0, 0.1) is 19.8 Å². The maximum atomic E-state index is 12.7. The molecule has 1 aliphatic rings. The Kier molecular flexibility index (Phi) is 5.58. The van der Waals surface area contributed by atoms with Crippen LogP contribution in [-0.2, 0) is 4.79 Å². The standard InChI is InChI=1S/C20H24N4O3S2/c1-13-10-14(2)18-17(11-13)28-20(22-18)23-19(25)15-5-8-24(9-6-15)29(26,27)16-4-3-7-21-12-16/h3-4,7,10-12,15,26-27H,5-6,8-9H2,1-2H3,(H,22,23,25). The van der Waals surface area contributed by atoms with Gasteiger partial charge in [0.15, 0.2) is 5.13 Å². The predicted molar refractivity (Wildman–Crippen MR) is 117 cm³/mol. The Morgan fingerprint density at radius 1 is 1.28 bits per heavy atom. The van der Waals surface area contributed by atoms with Crippen molar-refractivity contribution in [3.63, 3.8) is 0 Å². The van der Waals surface area contributed by atoms with Gasteiger partial charge >= 0.3 is 0 Å².